The van der Waals surface area contributed by atoms with E-state index < -0.39 is 5.41 Å². The van der Waals surface area contributed by atoms with Crippen LogP contribution in [0, 0.1) is 19.3 Å². The number of aryl methyl sites for hydroxylation is 2. The largest absolute Gasteiger partial charge is 0.497 e. The molecule has 0 unspecified atom stereocenters. The normalized spacial score (nSPS) is 11.2. The van der Waals surface area contributed by atoms with Gasteiger partial charge in [0.15, 0.2) is 0 Å². The van der Waals surface area contributed by atoms with Gasteiger partial charge in [-0.3, -0.25) is 9.78 Å². The van der Waals surface area contributed by atoms with Gasteiger partial charge >= 0.3 is 0 Å². The van der Waals surface area contributed by atoms with Gasteiger partial charge in [0.25, 0.3) is 0 Å². The average molecular weight is 326 g/mol. The lowest BCUT2D eigenvalue weighted by Crippen LogP contribution is -2.34. The Hall–Kier alpha value is -2.36. The molecule has 0 aliphatic rings. The van der Waals surface area contributed by atoms with E-state index in [-0.39, 0.29) is 5.91 Å². The monoisotopic (exact) mass is 326 g/mol. The van der Waals surface area contributed by atoms with Crippen molar-refractivity contribution in [3.63, 3.8) is 0 Å². The quantitative estimate of drug-likeness (QED) is 0.922. The highest BCUT2D eigenvalue weighted by Crippen LogP contribution is 2.27. The van der Waals surface area contributed by atoms with Crippen molar-refractivity contribution in [1.82, 2.24) is 10.3 Å². The fourth-order valence-electron chi connectivity index (χ4n) is 2.51. The fraction of sp³-hybridized carbons (Fsp3) is 0.400. The van der Waals surface area contributed by atoms with Crippen LogP contribution in [0.15, 0.2) is 30.3 Å². The number of benzene rings is 1. The van der Waals surface area contributed by atoms with Crippen LogP contribution in [0.3, 0.4) is 0 Å². The summed E-state index contributed by atoms with van der Waals surface area (Å²) in [4.78, 5) is 16.9. The summed E-state index contributed by atoms with van der Waals surface area (Å²) in [6.07, 6.45) is 0. The van der Waals surface area contributed by atoms with Crippen molar-refractivity contribution in [3.8, 4) is 17.0 Å². The van der Waals surface area contributed by atoms with Crippen LogP contribution in [0.25, 0.3) is 11.3 Å². The third-order valence-corrected chi connectivity index (χ3v) is 3.95. The first kappa shape index (κ1) is 18.0. The van der Waals surface area contributed by atoms with Crippen molar-refractivity contribution in [3.05, 3.63) is 47.2 Å². The summed E-state index contributed by atoms with van der Waals surface area (Å²) in [7, 11) is 1.65. The van der Waals surface area contributed by atoms with Gasteiger partial charge in [-0.15, -0.1) is 0 Å². The lowest BCUT2D eigenvalue weighted by molar-refractivity contribution is -0.128. The predicted molar refractivity (Wildman–Crippen MR) is 97.0 cm³/mol. The summed E-state index contributed by atoms with van der Waals surface area (Å²) in [6.45, 7) is 10.2. The number of nitrogens with zero attached hydrogens (tertiary/aromatic N) is 1. The van der Waals surface area contributed by atoms with E-state index in [2.05, 4.69) is 12.2 Å². The Kier molecular flexibility index (Phi) is 5.27. The molecule has 0 radical (unpaired) electrons. The van der Waals surface area contributed by atoms with Gasteiger partial charge in [0.05, 0.1) is 12.8 Å². The van der Waals surface area contributed by atoms with Crippen LogP contribution in [-0.2, 0) is 11.3 Å². The van der Waals surface area contributed by atoms with E-state index in [4.69, 9.17) is 9.72 Å². The zero-order valence-corrected chi connectivity index (χ0v) is 15.4. The van der Waals surface area contributed by atoms with Crippen LogP contribution in [0.1, 0.15) is 37.6 Å². The Bertz CT molecular complexity index is 729. The van der Waals surface area contributed by atoms with Gasteiger partial charge < -0.3 is 10.1 Å². The van der Waals surface area contributed by atoms with Gasteiger partial charge in [-0.1, -0.05) is 20.8 Å². The smallest absolute Gasteiger partial charge is 0.225 e. The first-order valence-corrected chi connectivity index (χ1v) is 8.12. The Balaban J connectivity index is 2.38. The molecular formula is C20H26N2O2. The van der Waals surface area contributed by atoms with Crippen LogP contribution in [0.4, 0.5) is 0 Å². The first-order valence-electron chi connectivity index (χ1n) is 8.12. The molecule has 2 aromatic rings. The molecule has 0 saturated heterocycles. The van der Waals surface area contributed by atoms with E-state index in [0.29, 0.717) is 6.54 Å². The Morgan fingerprint density at radius 1 is 1.17 bits per heavy atom. The van der Waals surface area contributed by atoms with Crippen LogP contribution in [0.5, 0.6) is 5.75 Å². The van der Waals surface area contributed by atoms with E-state index in [1.807, 2.05) is 58.0 Å². The van der Waals surface area contributed by atoms with E-state index >= 15 is 0 Å². The minimum atomic E-state index is -0.410. The molecule has 2 rings (SSSR count). The van der Waals surface area contributed by atoms with Crippen LogP contribution < -0.4 is 10.1 Å². The second-order valence-electron chi connectivity index (χ2n) is 7.07. The average Bonchev–Trinajstić information content (AvgIpc) is 2.52. The van der Waals surface area contributed by atoms with Crippen molar-refractivity contribution in [2.75, 3.05) is 7.11 Å². The molecule has 24 heavy (non-hydrogen) atoms. The minimum Gasteiger partial charge on any atom is -0.497 e. The number of nitrogens with one attached hydrogen (secondary N) is 1. The van der Waals surface area contributed by atoms with Crippen molar-refractivity contribution < 1.29 is 9.53 Å². The van der Waals surface area contributed by atoms with Gasteiger partial charge in [-0.2, -0.15) is 0 Å². The highest BCUT2D eigenvalue weighted by atomic mass is 16.5. The highest BCUT2D eigenvalue weighted by Gasteiger charge is 2.21. The van der Waals surface area contributed by atoms with Gasteiger partial charge in [-0.05, 0) is 49.7 Å². The topological polar surface area (TPSA) is 51.2 Å². The number of amides is 1. The molecule has 1 heterocycles. The van der Waals surface area contributed by atoms with Gasteiger partial charge in [0, 0.05) is 28.8 Å². The van der Waals surface area contributed by atoms with Crippen molar-refractivity contribution in [1.29, 1.82) is 0 Å². The molecule has 1 aromatic carbocycles. The third kappa shape index (κ3) is 4.13. The number of methoxy groups -OCH3 is 1. The van der Waals surface area contributed by atoms with Gasteiger partial charge in [-0.25, -0.2) is 0 Å². The van der Waals surface area contributed by atoms with Gasteiger partial charge in [0.1, 0.15) is 5.75 Å². The first-order chi connectivity index (χ1) is 11.2. The molecule has 1 N–H and O–H groups in total. The summed E-state index contributed by atoms with van der Waals surface area (Å²) in [5.41, 5.74) is 4.65. The Morgan fingerprint density at radius 3 is 2.33 bits per heavy atom. The van der Waals surface area contributed by atoms with E-state index in [0.717, 1.165) is 33.8 Å². The van der Waals surface area contributed by atoms with E-state index in [1.165, 1.54) is 0 Å². The zero-order valence-electron chi connectivity index (χ0n) is 15.4. The standard InChI is InChI=1S/C20H26N2O2/c1-13-11-14(2)22-18(15-7-9-16(24-6)10-8-15)17(13)12-21-19(23)20(3,4)5/h7-11H,12H2,1-6H3,(H,21,23). The molecule has 4 heteroatoms. The molecule has 1 amide bonds. The zero-order chi connectivity index (χ0) is 17.9. The van der Waals surface area contributed by atoms with Crippen LogP contribution >= 0.6 is 0 Å². The molecule has 0 fully saturated rings. The second kappa shape index (κ2) is 7.04. The second-order valence-corrected chi connectivity index (χ2v) is 7.07. The minimum absolute atomic E-state index is 0.0307. The lowest BCUT2D eigenvalue weighted by atomic mass is 9.95. The number of aromatic nitrogens is 1. The molecule has 0 aliphatic heterocycles. The molecule has 4 nitrogen and oxygen atoms in total. The number of pyridine rings is 1. The molecule has 1 aromatic heterocycles. The molecule has 128 valence electrons. The summed E-state index contributed by atoms with van der Waals surface area (Å²) in [5.74, 6) is 0.842. The number of carbonyl (C=O) groups excluding carboxylic acids is 1. The predicted octanol–water partition coefficient (Wildman–Crippen LogP) is 4.04. The van der Waals surface area contributed by atoms with Crippen LogP contribution in [-0.4, -0.2) is 18.0 Å². The third-order valence-electron chi connectivity index (χ3n) is 3.95. The maximum Gasteiger partial charge on any atom is 0.225 e. The molecule has 0 aliphatic carbocycles. The molecule has 0 bridgehead atoms. The number of ether oxygens (including phenoxy) is 1. The van der Waals surface area contributed by atoms with E-state index in [9.17, 15) is 4.79 Å². The van der Waals surface area contributed by atoms with Gasteiger partial charge in [0.2, 0.25) is 5.91 Å². The van der Waals surface area contributed by atoms with Crippen molar-refractivity contribution in [2.45, 2.75) is 41.2 Å². The summed E-state index contributed by atoms with van der Waals surface area (Å²) in [6, 6.07) is 9.88. The lowest BCUT2D eigenvalue weighted by Gasteiger charge is -2.20. The summed E-state index contributed by atoms with van der Waals surface area (Å²) in [5, 5.41) is 3.03. The van der Waals surface area contributed by atoms with Crippen LogP contribution in [0.2, 0.25) is 0 Å². The summed E-state index contributed by atoms with van der Waals surface area (Å²) >= 11 is 0. The Morgan fingerprint density at radius 2 is 1.79 bits per heavy atom. The molecule has 0 saturated carbocycles. The number of hydrogen-bond acceptors (Lipinski definition) is 3. The van der Waals surface area contributed by atoms with E-state index in [1.54, 1.807) is 7.11 Å². The summed E-state index contributed by atoms with van der Waals surface area (Å²) < 4.78 is 5.22. The highest BCUT2D eigenvalue weighted by molar-refractivity contribution is 5.81. The maximum absolute atomic E-state index is 12.2. The molecule has 0 spiro atoms. The van der Waals surface area contributed by atoms with Crippen molar-refractivity contribution >= 4 is 5.91 Å². The number of carbonyl (C=O) groups is 1. The Labute approximate surface area is 144 Å². The molecular weight excluding hydrogens is 300 g/mol. The SMILES string of the molecule is COc1ccc(-c2nc(C)cc(C)c2CNC(=O)C(C)(C)C)cc1. The molecule has 0 atom stereocenters. The van der Waals surface area contributed by atoms with Crippen molar-refractivity contribution in [2.24, 2.45) is 5.41 Å². The number of hydrogen-bond donors (Lipinski definition) is 1. The fourth-order valence-corrected chi connectivity index (χ4v) is 2.51. The number of rotatable bonds is 4. The maximum atomic E-state index is 12.2.